The molecule has 2 amide bonds. The van der Waals surface area contributed by atoms with Crippen LogP contribution >= 0.6 is 35.4 Å². The monoisotopic (exact) mass is 541 g/mol. The van der Waals surface area contributed by atoms with Gasteiger partial charge in [0, 0.05) is 22.3 Å². The van der Waals surface area contributed by atoms with E-state index < -0.39 is 6.04 Å². The molecule has 0 radical (unpaired) electrons. The predicted molar refractivity (Wildman–Crippen MR) is 148 cm³/mol. The van der Waals surface area contributed by atoms with E-state index >= 15 is 0 Å². The van der Waals surface area contributed by atoms with E-state index in [9.17, 15) is 9.59 Å². The quantitative estimate of drug-likeness (QED) is 0.360. The molecule has 1 aliphatic heterocycles. The lowest BCUT2D eigenvalue weighted by atomic mass is 10.1. The van der Waals surface area contributed by atoms with E-state index in [1.807, 2.05) is 37.3 Å². The van der Waals surface area contributed by atoms with E-state index in [0.717, 1.165) is 11.1 Å². The first-order chi connectivity index (χ1) is 17.3. The first kappa shape index (κ1) is 25.9. The summed E-state index contributed by atoms with van der Waals surface area (Å²) >= 11 is 18.1. The van der Waals surface area contributed by atoms with Gasteiger partial charge in [0.05, 0.1) is 19.2 Å². The third kappa shape index (κ3) is 5.81. The highest BCUT2D eigenvalue weighted by atomic mass is 35.5. The number of carbonyl (C=O) groups excluding carboxylic acids is 2. The number of amides is 2. The van der Waals surface area contributed by atoms with Crippen molar-refractivity contribution in [2.24, 2.45) is 0 Å². The minimum atomic E-state index is -0.747. The van der Waals surface area contributed by atoms with Crippen LogP contribution in [0, 0.1) is 6.92 Å². The number of hydrogen-bond donors (Lipinski definition) is 1. The number of nitrogens with zero attached hydrogens (tertiary/aromatic N) is 2. The van der Waals surface area contributed by atoms with Gasteiger partial charge in [-0.25, -0.2) is 0 Å². The second-order valence-corrected chi connectivity index (χ2v) is 9.68. The van der Waals surface area contributed by atoms with E-state index in [1.54, 1.807) is 48.4 Å². The third-order valence-corrected chi connectivity index (χ3v) is 7.00. The van der Waals surface area contributed by atoms with Gasteiger partial charge >= 0.3 is 0 Å². The minimum Gasteiger partial charge on any atom is -0.497 e. The molecule has 1 fully saturated rings. The minimum absolute atomic E-state index is 0.0539. The number of benzene rings is 3. The topological polar surface area (TPSA) is 61.9 Å². The molecule has 3 aromatic carbocycles. The number of ether oxygens (including phenoxy) is 1. The summed E-state index contributed by atoms with van der Waals surface area (Å²) < 4.78 is 5.16. The highest BCUT2D eigenvalue weighted by Gasteiger charge is 2.43. The molecule has 0 aromatic heterocycles. The first-order valence-corrected chi connectivity index (χ1v) is 12.5. The number of rotatable bonds is 8. The average Bonchev–Trinajstić information content (AvgIpc) is 3.08. The van der Waals surface area contributed by atoms with Crippen LogP contribution in [-0.2, 0) is 16.0 Å². The van der Waals surface area contributed by atoms with Crippen molar-refractivity contribution in [1.82, 2.24) is 4.90 Å². The fourth-order valence-corrected chi connectivity index (χ4v) is 4.96. The lowest BCUT2D eigenvalue weighted by Crippen LogP contribution is -2.39. The van der Waals surface area contributed by atoms with Gasteiger partial charge in [0.1, 0.15) is 11.8 Å². The molecule has 186 valence electrons. The molecule has 4 rings (SSSR count). The summed E-state index contributed by atoms with van der Waals surface area (Å²) in [4.78, 5) is 29.8. The van der Waals surface area contributed by atoms with Crippen molar-refractivity contribution in [2.75, 3.05) is 23.9 Å². The van der Waals surface area contributed by atoms with E-state index in [1.165, 1.54) is 4.90 Å². The van der Waals surface area contributed by atoms with Crippen LogP contribution in [0.15, 0.2) is 66.7 Å². The Balaban J connectivity index is 1.55. The molecular formula is C27H25Cl2N3O3S. The maximum absolute atomic E-state index is 13.6. The van der Waals surface area contributed by atoms with Gasteiger partial charge in [-0.05, 0) is 79.7 Å². The van der Waals surface area contributed by atoms with E-state index in [2.05, 4.69) is 5.32 Å². The Labute approximate surface area is 225 Å². The maximum atomic E-state index is 13.6. The fourth-order valence-electron chi connectivity index (χ4n) is 4.05. The fraction of sp³-hybridized carbons (Fsp3) is 0.222. The van der Waals surface area contributed by atoms with Crippen molar-refractivity contribution >= 4 is 63.7 Å². The van der Waals surface area contributed by atoms with Crippen LogP contribution in [0.25, 0.3) is 0 Å². The van der Waals surface area contributed by atoms with Gasteiger partial charge in [-0.15, -0.1) is 0 Å². The Morgan fingerprint density at radius 2 is 1.75 bits per heavy atom. The van der Waals surface area contributed by atoms with E-state index in [0.29, 0.717) is 45.2 Å². The molecule has 1 N–H and O–H groups in total. The number of anilines is 2. The molecule has 1 atom stereocenters. The van der Waals surface area contributed by atoms with Gasteiger partial charge < -0.3 is 15.0 Å². The molecular weight excluding hydrogens is 517 g/mol. The smallest absolute Gasteiger partial charge is 0.256 e. The number of aryl methyl sites for hydroxylation is 1. The summed E-state index contributed by atoms with van der Waals surface area (Å²) in [7, 11) is 1.58. The molecule has 1 aliphatic rings. The molecule has 0 unspecified atom stereocenters. The van der Waals surface area contributed by atoms with Crippen molar-refractivity contribution in [2.45, 2.75) is 25.8 Å². The normalized spacial score (nSPS) is 15.4. The third-order valence-electron chi connectivity index (χ3n) is 6.00. The maximum Gasteiger partial charge on any atom is 0.256 e. The Morgan fingerprint density at radius 3 is 2.39 bits per heavy atom. The number of thiocarbonyl (C=S) groups is 1. The number of methoxy groups -OCH3 is 1. The molecule has 36 heavy (non-hydrogen) atoms. The van der Waals surface area contributed by atoms with Gasteiger partial charge in [-0.2, -0.15) is 0 Å². The van der Waals surface area contributed by atoms with Crippen LogP contribution in [0.5, 0.6) is 5.75 Å². The lowest BCUT2D eigenvalue weighted by molar-refractivity contribution is -0.124. The molecule has 9 heteroatoms. The van der Waals surface area contributed by atoms with Crippen LogP contribution in [0.1, 0.15) is 17.5 Å². The van der Waals surface area contributed by atoms with Crippen LogP contribution in [0.4, 0.5) is 11.4 Å². The Hall–Kier alpha value is -3.13. The molecule has 0 bridgehead atoms. The largest absolute Gasteiger partial charge is 0.497 e. The molecule has 3 aromatic rings. The van der Waals surface area contributed by atoms with Gasteiger partial charge in [0.15, 0.2) is 5.11 Å². The summed E-state index contributed by atoms with van der Waals surface area (Å²) in [6.45, 7) is 2.39. The lowest BCUT2D eigenvalue weighted by Gasteiger charge is -2.24. The molecule has 1 heterocycles. The van der Waals surface area contributed by atoms with Crippen LogP contribution in [-0.4, -0.2) is 41.5 Å². The highest BCUT2D eigenvalue weighted by Crippen LogP contribution is 2.29. The zero-order chi connectivity index (χ0) is 25.8. The standard InChI is InChI=1S/C27H25Cl2N3O3S/c1-17-3-9-21(10-4-17)32-26(34)24(16-25(33)30-20-7-11-22(35-2)12-8-20)31(27(32)36)14-13-18-5-6-19(28)15-23(18)29/h3-12,15,24H,13-14,16H2,1-2H3,(H,30,33)/t24-/m1/s1. The van der Waals surface area contributed by atoms with E-state index in [4.69, 9.17) is 40.2 Å². The molecule has 0 saturated carbocycles. The van der Waals surface area contributed by atoms with Gasteiger partial charge in [0.25, 0.3) is 5.91 Å². The van der Waals surface area contributed by atoms with E-state index in [-0.39, 0.29) is 18.2 Å². The van der Waals surface area contributed by atoms with Crippen molar-refractivity contribution in [3.63, 3.8) is 0 Å². The Morgan fingerprint density at radius 1 is 1.06 bits per heavy atom. The van der Waals surface area contributed by atoms with Crippen molar-refractivity contribution in [3.8, 4) is 5.75 Å². The molecule has 1 saturated heterocycles. The van der Waals surface area contributed by atoms with Crippen molar-refractivity contribution < 1.29 is 14.3 Å². The number of hydrogen-bond acceptors (Lipinski definition) is 4. The summed E-state index contributed by atoms with van der Waals surface area (Å²) in [6.07, 6.45) is 0.476. The summed E-state index contributed by atoms with van der Waals surface area (Å²) in [5.41, 5.74) is 3.24. The predicted octanol–water partition coefficient (Wildman–Crippen LogP) is 5.88. The van der Waals surface area contributed by atoms with Gasteiger partial charge in [0.2, 0.25) is 5.91 Å². The zero-order valence-corrected chi connectivity index (χ0v) is 22.2. The van der Waals surface area contributed by atoms with Crippen LogP contribution in [0.2, 0.25) is 10.0 Å². The number of carbonyl (C=O) groups is 2. The van der Waals surface area contributed by atoms with Crippen LogP contribution in [0.3, 0.4) is 0 Å². The summed E-state index contributed by atoms with van der Waals surface area (Å²) in [5, 5.41) is 4.31. The Kier molecular flexibility index (Phi) is 8.14. The second-order valence-electron chi connectivity index (χ2n) is 8.47. The highest BCUT2D eigenvalue weighted by molar-refractivity contribution is 7.80. The van der Waals surface area contributed by atoms with Gasteiger partial charge in [-0.3, -0.25) is 14.5 Å². The summed E-state index contributed by atoms with van der Waals surface area (Å²) in [5.74, 6) is 0.155. The molecule has 6 nitrogen and oxygen atoms in total. The first-order valence-electron chi connectivity index (χ1n) is 11.4. The second kappa shape index (κ2) is 11.3. The SMILES string of the molecule is COc1ccc(NC(=O)C[C@@H]2C(=O)N(c3ccc(C)cc3)C(=S)N2CCc2ccc(Cl)cc2Cl)cc1. The average molecular weight is 542 g/mol. The number of halogens is 2. The van der Waals surface area contributed by atoms with Crippen LogP contribution < -0.4 is 15.0 Å². The molecule has 0 spiro atoms. The summed E-state index contributed by atoms with van der Waals surface area (Å²) in [6, 6.07) is 19.1. The zero-order valence-electron chi connectivity index (χ0n) is 19.8. The Bertz CT molecular complexity index is 1280. The van der Waals surface area contributed by atoms with Crippen molar-refractivity contribution in [3.05, 3.63) is 87.9 Å². The van der Waals surface area contributed by atoms with Crippen molar-refractivity contribution in [1.29, 1.82) is 0 Å². The van der Waals surface area contributed by atoms with Gasteiger partial charge in [-0.1, -0.05) is 47.0 Å². The molecule has 0 aliphatic carbocycles. The number of nitrogens with one attached hydrogen (secondary N) is 1.